The number of ether oxygens (including phenoxy) is 1. The number of piperazine rings is 1. The second kappa shape index (κ2) is 7.59. The molecule has 3 rings (SSSR count). The van der Waals surface area contributed by atoms with E-state index in [4.69, 9.17) is 16.3 Å². The molecule has 0 aromatic heterocycles. The predicted molar refractivity (Wildman–Crippen MR) is 87.0 cm³/mol. The first-order valence-corrected chi connectivity index (χ1v) is 8.49. The molecule has 3 nitrogen and oxygen atoms in total. The van der Waals surface area contributed by atoms with E-state index in [0.717, 1.165) is 44.2 Å². The zero-order valence-electron chi connectivity index (χ0n) is 12.6. The normalized spacial score (nSPS) is 24.5. The Kier molecular flexibility index (Phi) is 5.53. The Labute approximate surface area is 132 Å². The highest BCUT2D eigenvalue weighted by Gasteiger charge is 2.22. The summed E-state index contributed by atoms with van der Waals surface area (Å²) < 4.78 is 5.73. The van der Waals surface area contributed by atoms with Gasteiger partial charge in [0, 0.05) is 50.9 Å². The Balaban J connectivity index is 1.38. The summed E-state index contributed by atoms with van der Waals surface area (Å²) in [6.07, 6.45) is 4.01. The van der Waals surface area contributed by atoms with Crippen LogP contribution >= 0.6 is 11.6 Å². The summed E-state index contributed by atoms with van der Waals surface area (Å²) in [6, 6.07) is 8.18. The van der Waals surface area contributed by atoms with Gasteiger partial charge in [-0.2, -0.15) is 0 Å². The van der Waals surface area contributed by atoms with E-state index in [1.165, 1.54) is 31.5 Å². The molecule has 2 heterocycles. The fourth-order valence-corrected chi connectivity index (χ4v) is 3.48. The number of halogens is 1. The van der Waals surface area contributed by atoms with Gasteiger partial charge in [-0.15, -0.1) is 0 Å². The van der Waals surface area contributed by atoms with Gasteiger partial charge in [0.15, 0.2) is 0 Å². The number of rotatable bonds is 5. The molecule has 116 valence electrons. The van der Waals surface area contributed by atoms with Gasteiger partial charge in [0.05, 0.1) is 6.10 Å². The first-order valence-electron chi connectivity index (χ1n) is 8.11. The Morgan fingerprint density at radius 1 is 1.10 bits per heavy atom. The fraction of sp³-hybridized carbons (Fsp3) is 0.647. The van der Waals surface area contributed by atoms with Gasteiger partial charge in [-0.05, 0) is 30.9 Å². The maximum atomic E-state index is 6.22. The third-order valence-corrected chi connectivity index (χ3v) is 4.97. The molecule has 2 fully saturated rings. The van der Waals surface area contributed by atoms with Crippen LogP contribution in [0.25, 0.3) is 0 Å². The van der Waals surface area contributed by atoms with Crippen LogP contribution < -0.4 is 0 Å². The van der Waals surface area contributed by atoms with E-state index in [9.17, 15) is 0 Å². The van der Waals surface area contributed by atoms with Crippen molar-refractivity contribution in [2.24, 2.45) is 0 Å². The van der Waals surface area contributed by atoms with Gasteiger partial charge in [-0.25, -0.2) is 0 Å². The van der Waals surface area contributed by atoms with Crippen LogP contribution in [-0.4, -0.2) is 61.8 Å². The number of hydrogen-bond donors (Lipinski definition) is 0. The molecule has 2 saturated heterocycles. The Morgan fingerprint density at radius 2 is 1.86 bits per heavy atom. The third-order valence-electron chi connectivity index (χ3n) is 4.61. The van der Waals surface area contributed by atoms with E-state index < -0.39 is 0 Å². The van der Waals surface area contributed by atoms with Crippen molar-refractivity contribution in [3.8, 4) is 0 Å². The summed E-state index contributed by atoms with van der Waals surface area (Å²) in [5.41, 5.74) is 1.26. The van der Waals surface area contributed by atoms with E-state index in [1.807, 2.05) is 12.1 Å². The lowest BCUT2D eigenvalue weighted by Gasteiger charge is -2.35. The summed E-state index contributed by atoms with van der Waals surface area (Å²) in [6.45, 7) is 7.86. The van der Waals surface area contributed by atoms with Crippen LogP contribution in [0.15, 0.2) is 24.3 Å². The molecule has 0 bridgehead atoms. The quantitative estimate of drug-likeness (QED) is 0.832. The molecule has 2 aliphatic rings. The van der Waals surface area contributed by atoms with Gasteiger partial charge in [-0.1, -0.05) is 29.8 Å². The number of benzene rings is 1. The lowest BCUT2D eigenvalue weighted by molar-refractivity contribution is 0.0507. The van der Waals surface area contributed by atoms with E-state index in [2.05, 4.69) is 21.9 Å². The van der Waals surface area contributed by atoms with Crippen molar-refractivity contribution in [2.75, 3.05) is 45.9 Å². The molecule has 1 unspecified atom stereocenters. The van der Waals surface area contributed by atoms with Crippen molar-refractivity contribution in [1.82, 2.24) is 9.80 Å². The molecule has 4 heteroatoms. The van der Waals surface area contributed by atoms with E-state index in [-0.39, 0.29) is 0 Å². The summed E-state index contributed by atoms with van der Waals surface area (Å²) >= 11 is 6.22. The minimum absolute atomic E-state index is 0.486. The maximum absolute atomic E-state index is 6.22. The van der Waals surface area contributed by atoms with Crippen molar-refractivity contribution in [3.05, 3.63) is 34.9 Å². The molecule has 0 radical (unpaired) electrons. The lowest BCUT2D eigenvalue weighted by Crippen LogP contribution is -2.48. The molecule has 0 aliphatic carbocycles. The average molecular weight is 309 g/mol. The smallest absolute Gasteiger partial charge is 0.0702 e. The zero-order chi connectivity index (χ0) is 14.5. The van der Waals surface area contributed by atoms with E-state index in [1.54, 1.807) is 0 Å². The number of hydrogen-bond acceptors (Lipinski definition) is 3. The van der Waals surface area contributed by atoms with Gasteiger partial charge in [0.25, 0.3) is 0 Å². The van der Waals surface area contributed by atoms with Gasteiger partial charge in [0.1, 0.15) is 0 Å². The average Bonchev–Trinajstić information content (AvgIpc) is 3.01. The minimum Gasteiger partial charge on any atom is -0.377 e. The summed E-state index contributed by atoms with van der Waals surface area (Å²) in [7, 11) is 0. The Morgan fingerprint density at radius 3 is 2.57 bits per heavy atom. The Bertz CT molecular complexity index is 440. The standard InChI is InChI=1S/C17H25ClN2O/c18-17-6-2-1-4-15(17)7-8-19-9-11-20(12-10-19)14-16-5-3-13-21-16/h1-2,4,6,16H,3,5,7-14H2. The number of nitrogens with zero attached hydrogens (tertiary/aromatic N) is 2. The van der Waals surface area contributed by atoms with Crippen LogP contribution in [0.3, 0.4) is 0 Å². The first kappa shape index (κ1) is 15.3. The lowest BCUT2D eigenvalue weighted by atomic mass is 10.1. The van der Waals surface area contributed by atoms with E-state index in [0.29, 0.717) is 6.10 Å². The first-order chi connectivity index (χ1) is 10.3. The molecule has 1 aromatic carbocycles. The van der Waals surface area contributed by atoms with Gasteiger partial charge >= 0.3 is 0 Å². The van der Waals surface area contributed by atoms with Crippen LogP contribution in [-0.2, 0) is 11.2 Å². The van der Waals surface area contributed by atoms with Crippen LogP contribution in [0.2, 0.25) is 5.02 Å². The van der Waals surface area contributed by atoms with Gasteiger partial charge < -0.3 is 9.64 Å². The summed E-state index contributed by atoms with van der Waals surface area (Å²) in [5, 5.41) is 0.898. The molecular weight excluding hydrogens is 284 g/mol. The highest BCUT2D eigenvalue weighted by molar-refractivity contribution is 6.31. The van der Waals surface area contributed by atoms with Crippen LogP contribution in [0, 0.1) is 0 Å². The Hall–Kier alpha value is -0.610. The monoisotopic (exact) mass is 308 g/mol. The fourth-order valence-electron chi connectivity index (χ4n) is 3.25. The van der Waals surface area contributed by atoms with Crippen molar-refractivity contribution in [2.45, 2.75) is 25.4 Å². The van der Waals surface area contributed by atoms with Crippen LogP contribution in [0.5, 0.6) is 0 Å². The van der Waals surface area contributed by atoms with Gasteiger partial charge in [0.2, 0.25) is 0 Å². The molecule has 2 aliphatic heterocycles. The molecule has 1 aromatic rings. The molecule has 0 amide bonds. The minimum atomic E-state index is 0.486. The SMILES string of the molecule is Clc1ccccc1CCN1CCN(CC2CCCO2)CC1. The largest absolute Gasteiger partial charge is 0.377 e. The molecule has 0 N–H and O–H groups in total. The summed E-state index contributed by atoms with van der Waals surface area (Å²) in [4.78, 5) is 5.11. The van der Waals surface area contributed by atoms with Crippen molar-refractivity contribution in [1.29, 1.82) is 0 Å². The third kappa shape index (κ3) is 4.43. The van der Waals surface area contributed by atoms with Crippen LogP contribution in [0.1, 0.15) is 18.4 Å². The van der Waals surface area contributed by atoms with Crippen molar-refractivity contribution < 1.29 is 4.74 Å². The molecule has 0 saturated carbocycles. The highest BCUT2D eigenvalue weighted by Crippen LogP contribution is 2.17. The molecule has 21 heavy (non-hydrogen) atoms. The van der Waals surface area contributed by atoms with E-state index >= 15 is 0 Å². The van der Waals surface area contributed by atoms with Crippen molar-refractivity contribution in [3.63, 3.8) is 0 Å². The second-order valence-electron chi connectivity index (χ2n) is 6.12. The topological polar surface area (TPSA) is 15.7 Å². The van der Waals surface area contributed by atoms with Crippen molar-refractivity contribution >= 4 is 11.6 Å². The molecular formula is C17H25ClN2O. The molecule has 1 atom stereocenters. The molecule has 0 spiro atoms. The highest BCUT2D eigenvalue weighted by atomic mass is 35.5. The van der Waals surface area contributed by atoms with Crippen LogP contribution in [0.4, 0.5) is 0 Å². The second-order valence-corrected chi connectivity index (χ2v) is 6.53. The zero-order valence-corrected chi connectivity index (χ0v) is 13.4. The predicted octanol–water partition coefficient (Wildman–Crippen LogP) is 2.68. The maximum Gasteiger partial charge on any atom is 0.0702 e. The summed E-state index contributed by atoms with van der Waals surface area (Å²) in [5.74, 6) is 0. The van der Waals surface area contributed by atoms with Gasteiger partial charge in [-0.3, -0.25) is 4.90 Å².